The summed E-state index contributed by atoms with van der Waals surface area (Å²) in [7, 11) is 0. The lowest BCUT2D eigenvalue weighted by Crippen LogP contribution is -2.31. The standard InChI is InChI=1S/C11H18N4O/c1-7-8(12)9(14-13-7)10(16)15-5-4-11(2,3)6-15/h4-6,12H2,1-3H3,(H,13,14). The molecule has 1 aromatic rings. The Kier molecular flexibility index (Phi) is 2.40. The summed E-state index contributed by atoms with van der Waals surface area (Å²) in [5, 5.41) is 6.71. The van der Waals surface area contributed by atoms with E-state index in [1.165, 1.54) is 0 Å². The molecule has 1 aliphatic rings. The van der Waals surface area contributed by atoms with Gasteiger partial charge in [0.2, 0.25) is 0 Å². The molecular formula is C11H18N4O. The van der Waals surface area contributed by atoms with Crippen LogP contribution in [0, 0.1) is 12.3 Å². The zero-order valence-corrected chi connectivity index (χ0v) is 10.0. The first-order chi connectivity index (χ1) is 7.41. The number of aromatic amines is 1. The predicted molar refractivity (Wildman–Crippen MR) is 62.0 cm³/mol. The molecule has 1 fully saturated rings. The third-order valence-corrected chi connectivity index (χ3v) is 3.16. The van der Waals surface area contributed by atoms with E-state index in [4.69, 9.17) is 5.73 Å². The number of carbonyl (C=O) groups excluding carboxylic acids is 1. The van der Waals surface area contributed by atoms with Crippen LogP contribution in [0.4, 0.5) is 5.69 Å². The number of hydrogen-bond donors (Lipinski definition) is 2. The number of nitrogen functional groups attached to an aromatic ring is 1. The van der Waals surface area contributed by atoms with Crippen molar-refractivity contribution in [3.63, 3.8) is 0 Å². The minimum atomic E-state index is -0.0626. The highest BCUT2D eigenvalue weighted by Crippen LogP contribution is 2.30. The lowest BCUT2D eigenvalue weighted by Gasteiger charge is -2.19. The molecule has 0 saturated carbocycles. The molecule has 1 aliphatic heterocycles. The topological polar surface area (TPSA) is 75.0 Å². The molecule has 0 atom stereocenters. The Morgan fingerprint density at radius 2 is 2.25 bits per heavy atom. The van der Waals surface area contributed by atoms with Crippen molar-refractivity contribution in [2.24, 2.45) is 5.41 Å². The Morgan fingerprint density at radius 3 is 2.69 bits per heavy atom. The Bertz CT molecular complexity index is 422. The fourth-order valence-electron chi connectivity index (χ4n) is 2.04. The van der Waals surface area contributed by atoms with Crippen LogP contribution in [0.5, 0.6) is 0 Å². The molecule has 1 amide bonds. The number of aromatic nitrogens is 2. The van der Waals surface area contributed by atoms with E-state index in [2.05, 4.69) is 24.0 Å². The summed E-state index contributed by atoms with van der Waals surface area (Å²) >= 11 is 0. The molecular weight excluding hydrogens is 204 g/mol. The van der Waals surface area contributed by atoms with Crippen LogP contribution in [-0.4, -0.2) is 34.1 Å². The monoisotopic (exact) mass is 222 g/mol. The van der Waals surface area contributed by atoms with E-state index in [9.17, 15) is 4.79 Å². The Hall–Kier alpha value is -1.52. The van der Waals surface area contributed by atoms with E-state index in [-0.39, 0.29) is 11.3 Å². The van der Waals surface area contributed by atoms with Gasteiger partial charge in [-0.25, -0.2) is 0 Å². The molecule has 2 rings (SSSR count). The van der Waals surface area contributed by atoms with E-state index in [1.807, 2.05) is 11.8 Å². The maximum Gasteiger partial charge on any atom is 0.276 e. The zero-order chi connectivity index (χ0) is 11.9. The van der Waals surface area contributed by atoms with Crippen LogP contribution in [0.15, 0.2) is 0 Å². The smallest absolute Gasteiger partial charge is 0.276 e. The summed E-state index contributed by atoms with van der Waals surface area (Å²) in [5.41, 5.74) is 7.58. The van der Waals surface area contributed by atoms with Crippen molar-refractivity contribution in [1.29, 1.82) is 0 Å². The van der Waals surface area contributed by atoms with E-state index in [0.717, 1.165) is 25.2 Å². The van der Waals surface area contributed by atoms with Crippen molar-refractivity contribution in [3.05, 3.63) is 11.4 Å². The largest absolute Gasteiger partial charge is 0.395 e. The molecule has 3 N–H and O–H groups in total. The fraction of sp³-hybridized carbons (Fsp3) is 0.636. The average molecular weight is 222 g/mol. The molecule has 0 aliphatic carbocycles. The molecule has 16 heavy (non-hydrogen) atoms. The summed E-state index contributed by atoms with van der Waals surface area (Å²) in [6, 6.07) is 0. The maximum atomic E-state index is 12.1. The van der Waals surface area contributed by atoms with Crippen LogP contribution in [0.1, 0.15) is 36.5 Å². The van der Waals surface area contributed by atoms with Crippen molar-refractivity contribution in [2.45, 2.75) is 27.2 Å². The van der Waals surface area contributed by atoms with Gasteiger partial charge in [-0.15, -0.1) is 0 Å². The summed E-state index contributed by atoms with van der Waals surface area (Å²) in [6.07, 6.45) is 1.03. The van der Waals surface area contributed by atoms with Crippen LogP contribution in [0.3, 0.4) is 0 Å². The first-order valence-electron chi connectivity index (χ1n) is 5.50. The number of anilines is 1. The number of rotatable bonds is 1. The molecule has 88 valence electrons. The summed E-state index contributed by atoms with van der Waals surface area (Å²) in [4.78, 5) is 14.0. The molecule has 5 nitrogen and oxygen atoms in total. The number of likely N-dealkylation sites (tertiary alicyclic amines) is 1. The minimum Gasteiger partial charge on any atom is -0.395 e. The second-order valence-corrected chi connectivity index (χ2v) is 5.25. The van der Waals surface area contributed by atoms with Gasteiger partial charge in [-0.2, -0.15) is 5.10 Å². The average Bonchev–Trinajstić information content (AvgIpc) is 2.71. The molecule has 1 aromatic heterocycles. The summed E-state index contributed by atoms with van der Waals surface area (Å²) in [5.74, 6) is -0.0626. The number of carbonyl (C=O) groups is 1. The Labute approximate surface area is 95.0 Å². The van der Waals surface area contributed by atoms with E-state index >= 15 is 0 Å². The molecule has 1 saturated heterocycles. The van der Waals surface area contributed by atoms with Gasteiger partial charge in [0.05, 0.1) is 11.4 Å². The molecule has 0 aromatic carbocycles. The normalized spacial score (nSPS) is 19.1. The van der Waals surface area contributed by atoms with Gasteiger partial charge in [-0.1, -0.05) is 13.8 Å². The lowest BCUT2D eigenvalue weighted by molar-refractivity contribution is 0.0773. The van der Waals surface area contributed by atoms with Crippen LogP contribution in [0.25, 0.3) is 0 Å². The highest BCUT2D eigenvalue weighted by Gasteiger charge is 2.34. The second kappa shape index (κ2) is 3.50. The maximum absolute atomic E-state index is 12.1. The molecule has 5 heteroatoms. The lowest BCUT2D eigenvalue weighted by atomic mass is 9.93. The third-order valence-electron chi connectivity index (χ3n) is 3.16. The number of nitrogens with zero attached hydrogens (tertiary/aromatic N) is 2. The van der Waals surface area contributed by atoms with Crippen molar-refractivity contribution >= 4 is 11.6 Å². The van der Waals surface area contributed by atoms with Gasteiger partial charge in [-0.3, -0.25) is 9.89 Å². The van der Waals surface area contributed by atoms with Gasteiger partial charge in [-0.05, 0) is 18.8 Å². The van der Waals surface area contributed by atoms with E-state index in [0.29, 0.717) is 11.4 Å². The van der Waals surface area contributed by atoms with Crippen LogP contribution < -0.4 is 5.73 Å². The zero-order valence-electron chi connectivity index (χ0n) is 10.0. The molecule has 0 unspecified atom stereocenters. The summed E-state index contributed by atoms with van der Waals surface area (Å²) in [6.45, 7) is 7.71. The quantitative estimate of drug-likeness (QED) is 0.749. The van der Waals surface area contributed by atoms with Gasteiger partial charge in [0.1, 0.15) is 0 Å². The number of nitrogens with one attached hydrogen (secondary N) is 1. The molecule has 0 bridgehead atoms. The van der Waals surface area contributed by atoms with Crippen molar-refractivity contribution in [3.8, 4) is 0 Å². The number of nitrogens with two attached hydrogens (primary N) is 1. The Morgan fingerprint density at radius 1 is 1.56 bits per heavy atom. The number of H-pyrrole nitrogens is 1. The molecule has 2 heterocycles. The van der Waals surface area contributed by atoms with Gasteiger partial charge in [0.15, 0.2) is 5.69 Å². The third kappa shape index (κ3) is 1.77. The first kappa shape index (κ1) is 11.0. The van der Waals surface area contributed by atoms with Crippen molar-refractivity contribution in [1.82, 2.24) is 15.1 Å². The van der Waals surface area contributed by atoms with E-state index in [1.54, 1.807) is 0 Å². The van der Waals surface area contributed by atoms with Crippen molar-refractivity contribution < 1.29 is 4.79 Å². The minimum absolute atomic E-state index is 0.0626. The summed E-state index contributed by atoms with van der Waals surface area (Å²) < 4.78 is 0. The van der Waals surface area contributed by atoms with Gasteiger partial charge in [0, 0.05) is 13.1 Å². The second-order valence-electron chi connectivity index (χ2n) is 5.25. The van der Waals surface area contributed by atoms with E-state index < -0.39 is 0 Å². The van der Waals surface area contributed by atoms with Crippen LogP contribution in [0.2, 0.25) is 0 Å². The SMILES string of the molecule is Cc1[nH]nc(C(=O)N2CCC(C)(C)C2)c1N. The first-order valence-corrected chi connectivity index (χ1v) is 5.50. The Balaban J connectivity index is 2.18. The number of hydrogen-bond acceptors (Lipinski definition) is 3. The van der Waals surface area contributed by atoms with Gasteiger partial charge < -0.3 is 10.6 Å². The number of amides is 1. The highest BCUT2D eigenvalue weighted by molar-refractivity contribution is 5.97. The molecule has 0 spiro atoms. The van der Waals surface area contributed by atoms with Gasteiger partial charge in [0.25, 0.3) is 5.91 Å². The van der Waals surface area contributed by atoms with Crippen LogP contribution in [-0.2, 0) is 0 Å². The predicted octanol–water partition coefficient (Wildman–Crippen LogP) is 1.17. The van der Waals surface area contributed by atoms with Gasteiger partial charge >= 0.3 is 0 Å². The van der Waals surface area contributed by atoms with Crippen LogP contribution >= 0.6 is 0 Å². The fourth-order valence-corrected chi connectivity index (χ4v) is 2.04. The molecule has 0 radical (unpaired) electrons. The number of aryl methyl sites for hydroxylation is 1. The van der Waals surface area contributed by atoms with Crippen molar-refractivity contribution in [2.75, 3.05) is 18.8 Å². The highest BCUT2D eigenvalue weighted by atomic mass is 16.2.